The lowest BCUT2D eigenvalue weighted by Crippen LogP contribution is -2.45. The number of thioether (sulfide) groups is 1. The Morgan fingerprint density at radius 3 is 2.88 bits per heavy atom. The van der Waals surface area contributed by atoms with Crippen LogP contribution in [0.5, 0.6) is 0 Å². The number of hydrogen-bond donors (Lipinski definition) is 3. The molecule has 4 N–H and O–H groups in total. The Labute approximate surface area is 171 Å². The largest absolute Gasteiger partial charge is 0.321 e. The van der Waals surface area contributed by atoms with Gasteiger partial charge in [-0.15, -0.1) is 36.6 Å². The van der Waals surface area contributed by atoms with Gasteiger partial charge in [-0.2, -0.15) is 0 Å². The Morgan fingerprint density at radius 2 is 2.12 bits per heavy atom. The highest BCUT2D eigenvalue weighted by molar-refractivity contribution is 8.00. The number of aromatic nitrogens is 1. The number of halogens is 2. The molecule has 0 radical (unpaired) electrons. The average molecular weight is 417 g/mol. The van der Waals surface area contributed by atoms with E-state index in [0.29, 0.717) is 19.5 Å². The first-order valence-electron chi connectivity index (χ1n) is 8.41. The fourth-order valence-corrected chi connectivity index (χ4v) is 3.93. The van der Waals surface area contributed by atoms with Crippen LogP contribution in [0.4, 0.5) is 0 Å². The molecule has 2 atom stereocenters. The molecular weight excluding hydrogens is 391 g/mol. The fraction of sp³-hybridized carbons (Fsp3) is 0.444. The van der Waals surface area contributed by atoms with E-state index in [4.69, 9.17) is 5.73 Å². The van der Waals surface area contributed by atoms with Gasteiger partial charge in [0.05, 0.1) is 22.5 Å². The van der Waals surface area contributed by atoms with Gasteiger partial charge in [0.15, 0.2) is 5.78 Å². The maximum absolute atomic E-state index is 12.3. The number of benzene rings is 1. The molecule has 1 aliphatic heterocycles. The highest BCUT2D eigenvalue weighted by Crippen LogP contribution is 2.16. The number of carbonyl (C=O) groups is 1. The van der Waals surface area contributed by atoms with Gasteiger partial charge < -0.3 is 16.4 Å². The van der Waals surface area contributed by atoms with Crippen molar-refractivity contribution in [1.82, 2.24) is 15.6 Å². The summed E-state index contributed by atoms with van der Waals surface area (Å²) in [5, 5.41) is 7.75. The molecule has 0 saturated carbocycles. The Hall–Kier alpha value is -0.890. The summed E-state index contributed by atoms with van der Waals surface area (Å²) < 4.78 is 0. The summed E-state index contributed by atoms with van der Waals surface area (Å²) in [5.41, 5.74) is 8.06. The molecule has 0 spiro atoms. The summed E-state index contributed by atoms with van der Waals surface area (Å²) in [6, 6.07) is 11.8. The molecule has 1 aromatic carbocycles. The number of ketones is 1. The third kappa shape index (κ3) is 6.37. The molecule has 1 aliphatic rings. The van der Waals surface area contributed by atoms with E-state index in [1.165, 1.54) is 0 Å². The molecule has 144 valence electrons. The van der Waals surface area contributed by atoms with Crippen molar-refractivity contribution in [3.63, 3.8) is 0 Å². The van der Waals surface area contributed by atoms with E-state index < -0.39 is 0 Å². The van der Waals surface area contributed by atoms with Gasteiger partial charge in [-0.05, 0) is 25.1 Å². The second kappa shape index (κ2) is 11.7. The summed E-state index contributed by atoms with van der Waals surface area (Å²) in [4.78, 5) is 16.9. The molecule has 1 saturated heterocycles. The zero-order chi connectivity index (χ0) is 16.8. The lowest BCUT2D eigenvalue weighted by Gasteiger charge is -2.23. The molecule has 0 amide bonds. The Bertz CT molecular complexity index is 698. The number of pyridine rings is 1. The van der Waals surface area contributed by atoms with Gasteiger partial charge in [0.1, 0.15) is 0 Å². The zero-order valence-corrected chi connectivity index (χ0v) is 17.0. The van der Waals surface area contributed by atoms with Crippen LogP contribution in [0.2, 0.25) is 0 Å². The van der Waals surface area contributed by atoms with E-state index in [1.54, 1.807) is 11.8 Å². The number of hydrogen-bond acceptors (Lipinski definition) is 6. The van der Waals surface area contributed by atoms with E-state index in [2.05, 4.69) is 27.8 Å². The number of nitrogens with zero attached hydrogens (tertiary/aromatic N) is 1. The molecule has 3 rings (SSSR count). The molecular formula is C18H26Cl2N4OS. The molecule has 0 bridgehead atoms. The van der Waals surface area contributed by atoms with Crippen LogP contribution in [0.25, 0.3) is 10.9 Å². The van der Waals surface area contributed by atoms with Crippen LogP contribution in [0.1, 0.15) is 12.1 Å². The summed E-state index contributed by atoms with van der Waals surface area (Å²) in [7, 11) is 0. The third-order valence-corrected chi connectivity index (χ3v) is 5.45. The number of para-hydroxylation sites is 1. The topological polar surface area (TPSA) is 80.0 Å². The number of fused-ring (bicyclic) bond motifs is 1. The molecule has 2 heterocycles. The summed E-state index contributed by atoms with van der Waals surface area (Å²) >= 11 is 1.71. The number of carbonyl (C=O) groups excluding carboxylic acids is 1. The molecule has 26 heavy (non-hydrogen) atoms. The van der Waals surface area contributed by atoms with E-state index in [0.717, 1.165) is 35.4 Å². The highest BCUT2D eigenvalue weighted by Gasteiger charge is 2.25. The normalized spacial score (nSPS) is 17.8. The highest BCUT2D eigenvalue weighted by atomic mass is 35.5. The first kappa shape index (κ1) is 23.1. The lowest BCUT2D eigenvalue weighted by atomic mass is 10.1. The number of Topliss-reactive ketones (excluding diaryl/α,β-unsaturated/α-hetero) is 1. The second-order valence-electron chi connectivity index (χ2n) is 6.03. The monoisotopic (exact) mass is 416 g/mol. The van der Waals surface area contributed by atoms with Crippen molar-refractivity contribution in [2.75, 3.05) is 25.4 Å². The van der Waals surface area contributed by atoms with Crippen molar-refractivity contribution in [2.45, 2.75) is 24.3 Å². The van der Waals surface area contributed by atoms with E-state index in [1.807, 2.05) is 24.3 Å². The summed E-state index contributed by atoms with van der Waals surface area (Å²) in [6.07, 6.45) is 0.656. The predicted octanol–water partition coefficient (Wildman–Crippen LogP) is 2.16. The first-order chi connectivity index (χ1) is 11.7. The smallest absolute Gasteiger partial charge is 0.163 e. The van der Waals surface area contributed by atoms with Crippen molar-refractivity contribution in [3.05, 3.63) is 42.1 Å². The molecule has 1 fully saturated rings. The standard InChI is InChI=1S/C18H24N4OS.2ClH/c19-15(18(23)17-12-21-9-10-24-17)7-8-20-11-14-6-5-13-3-1-2-4-16(13)22-14;;/h1-6,15,17,20-21H,7-12,19H2;2*1H. The third-order valence-electron chi connectivity index (χ3n) is 4.20. The van der Waals surface area contributed by atoms with E-state index in [-0.39, 0.29) is 41.9 Å². The lowest BCUT2D eigenvalue weighted by molar-refractivity contribution is -0.119. The van der Waals surface area contributed by atoms with Crippen molar-refractivity contribution >= 4 is 53.3 Å². The molecule has 5 nitrogen and oxygen atoms in total. The van der Waals surface area contributed by atoms with Crippen LogP contribution in [-0.2, 0) is 11.3 Å². The van der Waals surface area contributed by atoms with Gasteiger partial charge in [0.2, 0.25) is 0 Å². The first-order valence-corrected chi connectivity index (χ1v) is 9.46. The minimum Gasteiger partial charge on any atom is -0.321 e. The quantitative estimate of drug-likeness (QED) is 0.600. The van der Waals surface area contributed by atoms with Crippen molar-refractivity contribution in [2.24, 2.45) is 5.73 Å². The van der Waals surface area contributed by atoms with Crippen LogP contribution in [0.15, 0.2) is 36.4 Å². The van der Waals surface area contributed by atoms with Gasteiger partial charge in [-0.1, -0.05) is 24.3 Å². The maximum atomic E-state index is 12.3. The van der Waals surface area contributed by atoms with Crippen molar-refractivity contribution < 1.29 is 4.79 Å². The van der Waals surface area contributed by atoms with Crippen LogP contribution < -0.4 is 16.4 Å². The molecule has 1 aromatic heterocycles. The van der Waals surface area contributed by atoms with Crippen molar-refractivity contribution in [3.8, 4) is 0 Å². The van der Waals surface area contributed by atoms with Crippen LogP contribution >= 0.6 is 36.6 Å². The van der Waals surface area contributed by atoms with Crippen LogP contribution in [0, 0.1) is 0 Å². The van der Waals surface area contributed by atoms with E-state index in [9.17, 15) is 4.79 Å². The molecule has 2 aromatic rings. The number of rotatable bonds is 7. The Morgan fingerprint density at radius 1 is 1.31 bits per heavy atom. The summed E-state index contributed by atoms with van der Waals surface area (Å²) in [6.45, 7) is 3.12. The van der Waals surface area contributed by atoms with E-state index >= 15 is 0 Å². The van der Waals surface area contributed by atoms with Gasteiger partial charge in [-0.25, -0.2) is 0 Å². The van der Waals surface area contributed by atoms with Gasteiger partial charge in [-0.3, -0.25) is 9.78 Å². The van der Waals surface area contributed by atoms with Gasteiger partial charge in [0, 0.05) is 30.8 Å². The minimum absolute atomic E-state index is 0. The zero-order valence-electron chi connectivity index (χ0n) is 14.5. The minimum atomic E-state index is -0.389. The van der Waals surface area contributed by atoms with Gasteiger partial charge in [0.25, 0.3) is 0 Å². The SMILES string of the molecule is Cl.Cl.NC(CCNCc1ccc2ccccc2n1)C(=O)C1CNCCS1. The maximum Gasteiger partial charge on any atom is 0.163 e. The van der Waals surface area contributed by atoms with Crippen LogP contribution in [-0.4, -0.2) is 47.4 Å². The molecule has 0 aliphatic carbocycles. The average Bonchev–Trinajstić information content (AvgIpc) is 2.65. The summed E-state index contributed by atoms with van der Waals surface area (Å²) in [5.74, 6) is 1.15. The van der Waals surface area contributed by atoms with Crippen molar-refractivity contribution in [1.29, 1.82) is 0 Å². The number of nitrogens with two attached hydrogens (primary N) is 1. The molecule has 8 heteroatoms. The van der Waals surface area contributed by atoms with Crippen LogP contribution in [0.3, 0.4) is 0 Å². The number of nitrogens with one attached hydrogen (secondary N) is 2. The molecule has 2 unspecified atom stereocenters. The Balaban J connectivity index is 0.00000169. The predicted molar refractivity (Wildman–Crippen MR) is 115 cm³/mol. The fourth-order valence-electron chi connectivity index (χ4n) is 2.81. The Kier molecular flexibility index (Phi) is 10.5. The second-order valence-corrected chi connectivity index (χ2v) is 7.34. The van der Waals surface area contributed by atoms with Gasteiger partial charge >= 0.3 is 0 Å².